The Kier molecular flexibility index (Phi) is 7.29. The molecule has 1 aliphatic carbocycles. The van der Waals surface area contributed by atoms with Crippen LogP contribution in [0.3, 0.4) is 0 Å². The molecule has 1 fully saturated rings. The van der Waals surface area contributed by atoms with Crippen molar-refractivity contribution < 1.29 is 17.9 Å². The topological polar surface area (TPSA) is 111 Å². The number of carbonyl (C=O) groups is 1. The second-order valence-electron chi connectivity index (χ2n) is 6.57. The van der Waals surface area contributed by atoms with Crippen molar-refractivity contribution in [2.45, 2.75) is 23.8 Å². The van der Waals surface area contributed by atoms with Gasteiger partial charge in [0, 0.05) is 23.8 Å². The number of ether oxygens (including phenoxy) is 1. The van der Waals surface area contributed by atoms with E-state index in [1.165, 1.54) is 31.4 Å². The van der Waals surface area contributed by atoms with Gasteiger partial charge in [0.15, 0.2) is 0 Å². The van der Waals surface area contributed by atoms with Crippen LogP contribution in [0.5, 0.6) is 5.75 Å². The molecule has 28 heavy (non-hydrogen) atoms. The Hall–Kier alpha value is -2.29. The van der Waals surface area contributed by atoms with Crippen LogP contribution in [0.4, 0.5) is 5.69 Å². The highest BCUT2D eigenvalue weighted by molar-refractivity contribution is 7.92. The molecule has 0 radical (unpaired) electrons. The lowest BCUT2D eigenvalue weighted by molar-refractivity contribution is 0.0950. The molecule has 9 heteroatoms. The number of carbonyl (C=O) groups excluding carboxylic acids is 1. The van der Waals surface area contributed by atoms with Gasteiger partial charge in [-0.15, -0.1) is 12.4 Å². The van der Waals surface area contributed by atoms with E-state index in [0.717, 1.165) is 12.8 Å². The molecule has 0 saturated heterocycles. The molecule has 1 amide bonds. The zero-order valence-corrected chi connectivity index (χ0v) is 17.1. The van der Waals surface area contributed by atoms with E-state index in [1.807, 2.05) is 0 Å². The van der Waals surface area contributed by atoms with Gasteiger partial charge in [-0.1, -0.05) is 0 Å². The highest BCUT2D eigenvalue weighted by atomic mass is 35.5. The average molecular weight is 426 g/mol. The summed E-state index contributed by atoms with van der Waals surface area (Å²) < 4.78 is 32.5. The van der Waals surface area contributed by atoms with Gasteiger partial charge in [-0.05, 0) is 67.3 Å². The minimum absolute atomic E-state index is 0. The highest BCUT2D eigenvalue weighted by Gasteiger charge is 2.28. The lowest BCUT2D eigenvalue weighted by Gasteiger charge is -2.12. The molecule has 2 aromatic rings. The van der Waals surface area contributed by atoms with Crippen LogP contribution >= 0.6 is 12.4 Å². The van der Waals surface area contributed by atoms with Crippen LogP contribution < -0.4 is 20.5 Å². The van der Waals surface area contributed by atoms with Crippen molar-refractivity contribution in [2.24, 2.45) is 11.7 Å². The lowest BCUT2D eigenvalue weighted by atomic mass is 10.2. The second-order valence-corrected chi connectivity index (χ2v) is 8.25. The van der Waals surface area contributed by atoms with E-state index in [2.05, 4.69) is 10.0 Å². The molecule has 152 valence electrons. The smallest absolute Gasteiger partial charge is 0.261 e. The SMILES string of the molecule is COc1ccc(NS(=O)(=O)c2ccc(C(=O)NCC(N)C3CC3)cc2)cc1.Cl. The maximum atomic E-state index is 12.5. The average Bonchev–Trinajstić information content (AvgIpc) is 3.51. The summed E-state index contributed by atoms with van der Waals surface area (Å²) in [5.74, 6) is 0.870. The summed E-state index contributed by atoms with van der Waals surface area (Å²) in [4.78, 5) is 12.2. The van der Waals surface area contributed by atoms with Gasteiger partial charge < -0.3 is 15.8 Å². The molecule has 7 nitrogen and oxygen atoms in total. The Morgan fingerprint density at radius 2 is 1.75 bits per heavy atom. The molecule has 2 aromatic carbocycles. The number of sulfonamides is 1. The van der Waals surface area contributed by atoms with E-state index in [-0.39, 0.29) is 29.3 Å². The van der Waals surface area contributed by atoms with E-state index >= 15 is 0 Å². The van der Waals surface area contributed by atoms with Crippen molar-refractivity contribution in [1.29, 1.82) is 0 Å². The first-order chi connectivity index (χ1) is 12.9. The molecule has 1 saturated carbocycles. The molecule has 0 heterocycles. The summed E-state index contributed by atoms with van der Waals surface area (Å²) in [6.07, 6.45) is 2.23. The van der Waals surface area contributed by atoms with Crippen molar-refractivity contribution in [2.75, 3.05) is 18.4 Å². The molecule has 0 spiro atoms. The summed E-state index contributed by atoms with van der Waals surface area (Å²) in [5, 5.41) is 2.79. The van der Waals surface area contributed by atoms with Gasteiger partial charge in [0.1, 0.15) is 5.75 Å². The van der Waals surface area contributed by atoms with Crippen LogP contribution in [0.2, 0.25) is 0 Å². The lowest BCUT2D eigenvalue weighted by Crippen LogP contribution is -2.38. The van der Waals surface area contributed by atoms with Crippen molar-refractivity contribution in [3.05, 3.63) is 54.1 Å². The minimum Gasteiger partial charge on any atom is -0.497 e. The molecule has 1 aliphatic rings. The van der Waals surface area contributed by atoms with Gasteiger partial charge in [0.2, 0.25) is 0 Å². The Morgan fingerprint density at radius 1 is 1.14 bits per heavy atom. The van der Waals surface area contributed by atoms with Crippen LogP contribution in [0.25, 0.3) is 0 Å². The summed E-state index contributed by atoms with van der Waals surface area (Å²) in [6, 6.07) is 12.3. The molecule has 1 unspecified atom stereocenters. The quantitative estimate of drug-likeness (QED) is 0.601. The molecule has 1 atom stereocenters. The monoisotopic (exact) mass is 425 g/mol. The van der Waals surface area contributed by atoms with E-state index in [9.17, 15) is 13.2 Å². The molecule has 3 rings (SSSR count). The highest BCUT2D eigenvalue weighted by Crippen LogP contribution is 2.31. The first-order valence-corrected chi connectivity index (χ1v) is 10.2. The van der Waals surface area contributed by atoms with Gasteiger partial charge in [0.05, 0.1) is 12.0 Å². The van der Waals surface area contributed by atoms with E-state index in [0.29, 0.717) is 29.5 Å². The van der Waals surface area contributed by atoms with Crippen molar-refractivity contribution in [3.63, 3.8) is 0 Å². The zero-order valence-electron chi connectivity index (χ0n) is 15.4. The predicted molar refractivity (Wildman–Crippen MR) is 111 cm³/mol. The van der Waals surface area contributed by atoms with Crippen LogP contribution in [0.15, 0.2) is 53.4 Å². The molecule has 0 aliphatic heterocycles. The Balaban J connectivity index is 0.00000280. The van der Waals surface area contributed by atoms with Crippen LogP contribution in [0, 0.1) is 5.92 Å². The number of benzene rings is 2. The number of methoxy groups -OCH3 is 1. The zero-order chi connectivity index (χ0) is 19.4. The van der Waals surface area contributed by atoms with Crippen molar-refractivity contribution in [1.82, 2.24) is 5.32 Å². The first kappa shape index (κ1) is 22.0. The maximum absolute atomic E-state index is 12.5. The molecular weight excluding hydrogens is 402 g/mol. The minimum atomic E-state index is -3.75. The summed E-state index contributed by atoms with van der Waals surface area (Å²) in [7, 11) is -2.21. The third-order valence-corrected chi connectivity index (χ3v) is 5.89. The number of nitrogens with one attached hydrogen (secondary N) is 2. The number of halogens is 1. The summed E-state index contributed by atoms with van der Waals surface area (Å²) in [6.45, 7) is 0.419. The molecular formula is C19H24ClN3O4S. The first-order valence-electron chi connectivity index (χ1n) is 8.70. The van der Waals surface area contributed by atoms with E-state index in [1.54, 1.807) is 24.3 Å². The fourth-order valence-electron chi connectivity index (χ4n) is 2.66. The van der Waals surface area contributed by atoms with Gasteiger partial charge in [-0.3, -0.25) is 9.52 Å². The van der Waals surface area contributed by atoms with Crippen LogP contribution in [-0.2, 0) is 10.0 Å². The number of rotatable bonds is 8. The molecule has 4 N–H and O–H groups in total. The van der Waals surface area contributed by atoms with Crippen LogP contribution in [-0.4, -0.2) is 34.0 Å². The van der Waals surface area contributed by atoms with Gasteiger partial charge in [-0.25, -0.2) is 8.42 Å². The second kappa shape index (κ2) is 9.27. The number of hydrogen-bond donors (Lipinski definition) is 3. The number of amides is 1. The summed E-state index contributed by atoms with van der Waals surface area (Å²) >= 11 is 0. The van der Waals surface area contributed by atoms with Crippen LogP contribution in [0.1, 0.15) is 23.2 Å². The maximum Gasteiger partial charge on any atom is 0.261 e. The Bertz CT molecular complexity index is 898. The molecule has 0 bridgehead atoms. The fraction of sp³-hybridized carbons (Fsp3) is 0.316. The summed E-state index contributed by atoms with van der Waals surface area (Å²) in [5.41, 5.74) is 6.78. The van der Waals surface area contributed by atoms with Gasteiger partial charge >= 0.3 is 0 Å². The van der Waals surface area contributed by atoms with E-state index in [4.69, 9.17) is 10.5 Å². The Labute approximate surface area is 171 Å². The van der Waals surface area contributed by atoms with E-state index < -0.39 is 10.0 Å². The van der Waals surface area contributed by atoms with Crippen molar-refractivity contribution >= 4 is 34.0 Å². The third-order valence-electron chi connectivity index (χ3n) is 4.49. The number of anilines is 1. The number of nitrogens with two attached hydrogens (primary N) is 1. The predicted octanol–water partition coefficient (Wildman–Crippen LogP) is 2.38. The van der Waals surface area contributed by atoms with Gasteiger partial charge in [-0.2, -0.15) is 0 Å². The Morgan fingerprint density at radius 3 is 2.29 bits per heavy atom. The number of hydrogen-bond acceptors (Lipinski definition) is 5. The van der Waals surface area contributed by atoms with Crippen molar-refractivity contribution in [3.8, 4) is 5.75 Å². The third kappa shape index (κ3) is 5.60. The largest absolute Gasteiger partial charge is 0.497 e. The fourth-order valence-corrected chi connectivity index (χ4v) is 3.72. The normalized spacial score (nSPS) is 14.5. The molecule has 0 aromatic heterocycles. The standard InChI is InChI=1S/C19H23N3O4S.ClH/c1-26-16-8-6-15(7-9-16)22-27(24,25)17-10-4-14(5-11-17)19(23)21-12-18(20)13-2-3-13;/h4-11,13,18,22H,2-3,12,20H2,1H3,(H,21,23);1H. The van der Waals surface area contributed by atoms with Gasteiger partial charge in [0.25, 0.3) is 15.9 Å².